The highest BCUT2D eigenvalue weighted by atomic mass is 35.5. The molecule has 0 aliphatic carbocycles. The maximum atomic E-state index is 10.8. The zero-order valence-electron chi connectivity index (χ0n) is 7.52. The number of hydrogen-bond acceptors (Lipinski definition) is 5. The van der Waals surface area contributed by atoms with Gasteiger partial charge in [-0.3, -0.25) is 0 Å². The summed E-state index contributed by atoms with van der Waals surface area (Å²) in [5, 5.41) is 12.0. The number of carboxylic acid groups (broad SMARTS) is 1. The van der Waals surface area contributed by atoms with Gasteiger partial charge in [-0.2, -0.15) is 0 Å². The Morgan fingerprint density at radius 1 is 1.60 bits per heavy atom. The van der Waals surface area contributed by atoms with Crippen molar-refractivity contribution in [1.82, 2.24) is 10.1 Å². The van der Waals surface area contributed by atoms with Crippen molar-refractivity contribution in [3.05, 3.63) is 22.7 Å². The third-order valence-corrected chi connectivity index (χ3v) is 1.94. The number of halogens is 1. The Kier molecular flexibility index (Phi) is 2.20. The molecule has 0 bridgehead atoms. The molecule has 0 atom stereocenters. The Labute approximate surface area is 88.5 Å². The maximum Gasteiger partial charge on any atom is 0.343 e. The van der Waals surface area contributed by atoms with Gasteiger partial charge in [-0.05, 0) is 6.92 Å². The topological polar surface area (TPSA) is 89.4 Å². The molecule has 15 heavy (non-hydrogen) atoms. The van der Waals surface area contributed by atoms with Gasteiger partial charge in [0.1, 0.15) is 5.76 Å². The van der Waals surface area contributed by atoms with Crippen LogP contribution in [0, 0.1) is 6.92 Å². The number of aryl methyl sites for hydroxylation is 1. The van der Waals surface area contributed by atoms with E-state index < -0.39 is 5.97 Å². The van der Waals surface area contributed by atoms with Gasteiger partial charge in [0.15, 0.2) is 10.7 Å². The van der Waals surface area contributed by atoms with E-state index in [2.05, 4.69) is 10.1 Å². The van der Waals surface area contributed by atoms with Crippen molar-refractivity contribution in [1.29, 1.82) is 0 Å². The van der Waals surface area contributed by atoms with Crippen LogP contribution in [0.2, 0.25) is 5.15 Å². The predicted octanol–water partition coefficient (Wildman–Crippen LogP) is 1.99. The molecule has 78 valence electrons. The second-order valence-corrected chi connectivity index (χ2v) is 3.12. The van der Waals surface area contributed by atoms with Gasteiger partial charge in [0.25, 0.3) is 5.89 Å². The number of carbonyl (C=O) groups is 1. The van der Waals surface area contributed by atoms with Gasteiger partial charge in [-0.15, -0.1) is 0 Å². The van der Waals surface area contributed by atoms with E-state index in [0.29, 0.717) is 5.76 Å². The first-order valence-electron chi connectivity index (χ1n) is 3.91. The highest BCUT2D eigenvalue weighted by Crippen LogP contribution is 2.28. The number of carboxylic acids is 1. The highest BCUT2D eigenvalue weighted by Gasteiger charge is 2.25. The molecule has 0 radical (unpaired) electrons. The molecule has 2 aromatic rings. The minimum atomic E-state index is -1.24. The van der Waals surface area contributed by atoms with E-state index in [1.807, 2.05) is 0 Å². The molecule has 6 nitrogen and oxygen atoms in total. The van der Waals surface area contributed by atoms with Crippen LogP contribution in [-0.4, -0.2) is 21.2 Å². The fourth-order valence-electron chi connectivity index (χ4n) is 1.06. The van der Waals surface area contributed by atoms with Crippen LogP contribution in [-0.2, 0) is 0 Å². The Morgan fingerprint density at radius 2 is 2.33 bits per heavy atom. The predicted molar refractivity (Wildman–Crippen MR) is 48.7 cm³/mol. The Balaban J connectivity index is 2.58. The van der Waals surface area contributed by atoms with E-state index in [1.54, 1.807) is 6.92 Å². The van der Waals surface area contributed by atoms with E-state index >= 15 is 0 Å². The number of oxazole rings is 1. The third kappa shape index (κ3) is 1.59. The van der Waals surface area contributed by atoms with Crippen LogP contribution in [0.15, 0.2) is 15.1 Å². The first-order chi connectivity index (χ1) is 7.09. The molecule has 2 heterocycles. The van der Waals surface area contributed by atoms with Crippen LogP contribution in [0.3, 0.4) is 0 Å². The number of hydrogen-bond donors (Lipinski definition) is 1. The molecule has 0 saturated heterocycles. The third-order valence-electron chi connectivity index (χ3n) is 1.68. The molecule has 0 fully saturated rings. The van der Waals surface area contributed by atoms with Gasteiger partial charge in [0, 0.05) is 0 Å². The van der Waals surface area contributed by atoms with E-state index in [-0.39, 0.29) is 22.4 Å². The lowest BCUT2D eigenvalue weighted by molar-refractivity contribution is 0.0697. The van der Waals surface area contributed by atoms with Crippen LogP contribution in [0.5, 0.6) is 0 Å². The summed E-state index contributed by atoms with van der Waals surface area (Å²) in [6, 6.07) is 0. The fourth-order valence-corrected chi connectivity index (χ4v) is 1.26. The molecular weight excluding hydrogens is 224 g/mol. The molecule has 0 amide bonds. The number of nitrogens with zero attached hydrogens (tertiary/aromatic N) is 2. The zero-order valence-corrected chi connectivity index (χ0v) is 8.28. The van der Waals surface area contributed by atoms with Gasteiger partial charge in [-0.25, -0.2) is 9.78 Å². The summed E-state index contributed by atoms with van der Waals surface area (Å²) >= 11 is 5.54. The lowest BCUT2D eigenvalue weighted by Crippen LogP contribution is -1.97. The van der Waals surface area contributed by atoms with E-state index in [0.717, 1.165) is 0 Å². The maximum absolute atomic E-state index is 10.8. The molecule has 0 spiro atoms. The molecule has 0 saturated carbocycles. The molecule has 2 rings (SSSR count). The quantitative estimate of drug-likeness (QED) is 0.845. The van der Waals surface area contributed by atoms with Gasteiger partial charge >= 0.3 is 5.97 Å². The molecule has 0 aliphatic rings. The molecule has 0 aromatic carbocycles. The Bertz CT molecular complexity index is 516. The standard InChI is InChI=1S/C8H5ClN2O4/c1-3-2-10-7(14-3)5-4(8(12)13)6(9)11-15-5/h2H,1H3,(H,12,13). The SMILES string of the molecule is Cc1cnc(-c2onc(Cl)c2C(=O)O)o1. The molecule has 2 aromatic heterocycles. The summed E-state index contributed by atoms with van der Waals surface area (Å²) in [4.78, 5) is 14.6. The van der Waals surface area contributed by atoms with Crippen molar-refractivity contribution >= 4 is 17.6 Å². The summed E-state index contributed by atoms with van der Waals surface area (Å²) in [7, 11) is 0. The molecule has 0 unspecified atom stereocenters. The van der Waals surface area contributed by atoms with Crippen LogP contribution < -0.4 is 0 Å². The number of rotatable bonds is 2. The van der Waals surface area contributed by atoms with E-state index in [4.69, 9.17) is 25.6 Å². The normalized spacial score (nSPS) is 10.5. The largest absolute Gasteiger partial charge is 0.477 e. The van der Waals surface area contributed by atoms with Crippen molar-refractivity contribution in [3.63, 3.8) is 0 Å². The Hall–Kier alpha value is -1.82. The molecule has 7 heteroatoms. The van der Waals surface area contributed by atoms with Gasteiger partial charge in [-0.1, -0.05) is 16.8 Å². The molecule has 1 N–H and O–H groups in total. The van der Waals surface area contributed by atoms with Crippen LogP contribution in [0.4, 0.5) is 0 Å². The fraction of sp³-hybridized carbons (Fsp3) is 0.125. The summed E-state index contributed by atoms with van der Waals surface area (Å²) in [6.07, 6.45) is 1.44. The molecule has 0 aliphatic heterocycles. The second-order valence-electron chi connectivity index (χ2n) is 2.76. The summed E-state index contributed by atoms with van der Waals surface area (Å²) in [5.41, 5.74) is -0.251. The van der Waals surface area contributed by atoms with Crippen molar-refractivity contribution in [2.45, 2.75) is 6.92 Å². The van der Waals surface area contributed by atoms with E-state index in [1.165, 1.54) is 6.20 Å². The van der Waals surface area contributed by atoms with Crippen LogP contribution in [0.25, 0.3) is 11.7 Å². The lowest BCUT2D eigenvalue weighted by Gasteiger charge is -1.90. The van der Waals surface area contributed by atoms with Crippen LogP contribution in [0.1, 0.15) is 16.1 Å². The number of aromatic nitrogens is 2. The van der Waals surface area contributed by atoms with Crippen molar-refractivity contribution in [2.75, 3.05) is 0 Å². The van der Waals surface area contributed by atoms with Crippen molar-refractivity contribution < 1.29 is 18.8 Å². The Morgan fingerprint density at radius 3 is 2.87 bits per heavy atom. The smallest absolute Gasteiger partial charge is 0.343 e. The highest BCUT2D eigenvalue weighted by molar-refractivity contribution is 6.32. The average molecular weight is 229 g/mol. The van der Waals surface area contributed by atoms with Crippen molar-refractivity contribution in [3.8, 4) is 11.7 Å². The monoisotopic (exact) mass is 228 g/mol. The summed E-state index contributed by atoms with van der Waals surface area (Å²) in [6.45, 7) is 1.68. The van der Waals surface area contributed by atoms with Gasteiger partial charge in [0.2, 0.25) is 5.76 Å². The van der Waals surface area contributed by atoms with Crippen LogP contribution >= 0.6 is 11.6 Å². The zero-order chi connectivity index (χ0) is 11.0. The number of aromatic carboxylic acids is 1. The molecular formula is C8H5ClN2O4. The summed E-state index contributed by atoms with van der Waals surface area (Å²) < 4.78 is 9.84. The first-order valence-corrected chi connectivity index (χ1v) is 4.28. The minimum Gasteiger partial charge on any atom is -0.477 e. The lowest BCUT2D eigenvalue weighted by atomic mass is 10.2. The average Bonchev–Trinajstić information content (AvgIpc) is 2.71. The van der Waals surface area contributed by atoms with Gasteiger partial charge in [0.05, 0.1) is 6.20 Å². The first kappa shape index (κ1) is 9.72. The van der Waals surface area contributed by atoms with Crippen molar-refractivity contribution in [2.24, 2.45) is 0 Å². The van der Waals surface area contributed by atoms with Gasteiger partial charge < -0.3 is 14.0 Å². The summed E-state index contributed by atoms with van der Waals surface area (Å²) in [5.74, 6) is -0.745. The minimum absolute atomic E-state index is 0.0456. The second kappa shape index (κ2) is 3.39. The van der Waals surface area contributed by atoms with E-state index in [9.17, 15) is 4.79 Å².